The van der Waals surface area contributed by atoms with Crippen LogP contribution in [-0.2, 0) is 44.8 Å². The Hall–Kier alpha value is -5.30. The van der Waals surface area contributed by atoms with Crippen LogP contribution in [-0.4, -0.2) is 5.90 Å². The molecule has 0 aromatic heterocycles. The second kappa shape index (κ2) is 23.2. The van der Waals surface area contributed by atoms with E-state index >= 15 is 0 Å². The Morgan fingerprint density at radius 1 is 0.323 bits per heavy atom. The molecule has 324 valence electrons. The molecule has 0 saturated heterocycles. The third-order valence-electron chi connectivity index (χ3n) is 12.0. The molecule has 0 amide bonds. The molecular weight excluding hydrogens is 1190 g/mol. The maximum absolute atomic E-state index is 7.35. The van der Waals surface area contributed by atoms with E-state index in [1.54, 1.807) is 21.2 Å². The van der Waals surface area contributed by atoms with Crippen molar-refractivity contribution < 1.29 is 44.8 Å². The zero-order valence-electron chi connectivity index (χ0n) is 36.9. The van der Waals surface area contributed by atoms with Gasteiger partial charge in [-0.1, -0.05) is 181 Å². The van der Waals surface area contributed by atoms with E-state index in [1.165, 1.54) is 49.7 Å². The second-order valence-electron chi connectivity index (χ2n) is 16.0. The third kappa shape index (κ3) is 11.0. The van der Waals surface area contributed by atoms with Crippen molar-refractivity contribution in [2.24, 2.45) is 0 Å². The third-order valence-corrected chi connectivity index (χ3v) is 19.7. The summed E-state index contributed by atoms with van der Waals surface area (Å²) < 4.78 is 0. The van der Waals surface area contributed by atoms with Crippen LogP contribution in [0.25, 0.3) is 43.1 Å². The molecule has 0 aliphatic carbocycles. The van der Waals surface area contributed by atoms with E-state index in [0.29, 0.717) is 0 Å². The largest absolute Gasteiger partial charge is 1.00 e. The fourth-order valence-electron chi connectivity index (χ4n) is 8.81. The molecule has 0 bridgehead atoms. The Balaban J connectivity index is 0.000000173. The molecule has 0 radical (unpaired) electrons. The zero-order chi connectivity index (χ0) is 43.7. The molecule has 0 unspecified atom stereocenters. The second-order valence-corrected chi connectivity index (χ2v) is 21.5. The van der Waals surface area contributed by atoms with Gasteiger partial charge < -0.3 is 12.8 Å². The quantitative estimate of drug-likeness (QED) is 0.0512. The summed E-state index contributed by atoms with van der Waals surface area (Å²) in [5.74, 6) is 6.27. The minimum Gasteiger partial charge on any atom is -0.366 e. The first kappa shape index (κ1) is 49.1. The summed E-state index contributed by atoms with van der Waals surface area (Å²) in [4.78, 5) is 0. The standard InChI is InChI=1S/C29H30P2.2C16H9.2Au/c1-22-13-5-9-17-26(22)30(27-18-10-6-14-23(27)2)21-31(28-19-11-7-15-24(28)3)29-20-12-8-16-25(29)4;2*1-2-12-11-13-7-3-4-9-15(13)16-10-6-5-8-14(12)16;;/h5-20H,21H2,1-4H3;2*3-11H;;/q;2*-1;2*+1/p+2. The molecule has 0 heterocycles. The van der Waals surface area contributed by atoms with Crippen LogP contribution in [0.2, 0.25) is 0 Å². The normalized spacial score (nSPS) is 10.5. The molecular formula is C61H50Au2P2+2. The molecule has 0 fully saturated rings. The van der Waals surface area contributed by atoms with Crippen LogP contribution >= 0.6 is 15.8 Å². The maximum Gasteiger partial charge on any atom is 1.00 e. The number of hydrogen-bond acceptors (Lipinski definition) is 0. The number of rotatable bonds is 6. The van der Waals surface area contributed by atoms with E-state index < -0.39 is 15.8 Å². The molecule has 0 saturated carbocycles. The molecule has 10 aromatic rings. The van der Waals surface area contributed by atoms with Crippen LogP contribution in [0.15, 0.2) is 206 Å². The van der Waals surface area contributed by atoms with E-state index in [2.05, 4.69) is 173 Å². The minimum atomic E-state index is -0.941. The summed E-state index contributed by atoms with van der Waals surface area (Å²) in [5, 5.41) is 15.6. The average molecular weight is 1240 g/mol. The molecule has 0 atom stereocenters. The first-order chi connectivity index (χ1) is 30.9. The van der Waals surface area contributed by atoms with Gasteiger partial charge in [0.1, 0.15) is 37.1 Å². The Bertz CT molecular complexity index is 3010. The fraction of sp³-hybridized carbons (Fsp3) is 0.0820. The van der Waals surface area contributed by atoms with Gasteiger partial charge in [-0.25, -0.2) is 0 Å². The molecule has 0 spiro atoms. The molecule has 0 N–H and O–H groups in total. The van der Waals surface area contributed by atoms with Crippen molar-refractivity contribution in [2.75, 3.05) is 5.90 Å². The fourth-order valence-corrected chi connectivity index (χ4v) is 17.3. The van der Waals surface area contributed by atoms with Crippen LogP contribution in [0.5, 0.6) is 0 Å². The van der Waals surface area contributed by atoms with Crippen molar-refractivity contribution >= 4 is 80.2 Å². The molecule has 0 aliphatic heterocycles. The number of fused-ring (bicyclic) bond motifs is 6. The average Bonchev–Trinajstić information content (AvgIpc) is 3.33. The van der Waals surface area contributed by atoms with Crippen LogP contribution in [0.3, 0.4) is 0 Å². The predicted octanol–water partition coefficient (Wildman–Crippen LogP) is 13.8. The first-order valence-electron chi connectivity index (χ1n) is 21.5. The van der Waals surface area contributed by atoms with Gasteiger partial charge in [-0.3, -0.25) is 11.8 Å². The van der Waals surface area contributed by atoms with Crippen molar-refractivity contribution in [2.45, 2.75) is 27.7 Å². The van der Waals surface area contributed by atoms with Crippen LogP contribution in [0.1, 0.15) is 33.4 Å². The monoisotopic (exact) mass is 1240 g/mol. The Kier molecular flexibility index (Phi) is 17.6. The van der Waals surface area contributed by atoms with Crippen LogP contribution in [0.4, 0.5) is 0 Å². The van der Waals surface area contributed by atoms with Crippen molar-refractivity contribution in [3.63, 3.8) is 0 Å². The van der Waals surface area contributed by atoms with Crippen molar-refractivity contribution in [1.82, 2.24) is 0 Å². The number of aryl methyl sites for hydroxylation is 4. The van der Waals surface area contributed by atoms with Gasteiger partial charge >= 0.3 is 44.8 Å². The van der Waals surface area contributed by atoms with Gasteiger partial charge in [0.15, 0.2) is 5.90 Å². The molecule has 10 aromatic carbocycles. The van der Waals surface area contributed by atoms with Gasteiger partial charge in [0, 0.05) is 0 Å². The Morgan fingerprint density at radius 3 is 0.862 bits per heavy atom. The van der Waals surface area contributed by atoms with Gasteiger partial charge in [0.25, 0.3) is 0 Å². The van der Waals surface area contributed by atoms with E-state index in [-0.39, 0.29) is 44.8 Å². The summed E-state index contributed by atoms with van der Waals surface area (Å²) in [6.07, 6.45) is 14.7. The first-order valence-corrected chi connectivity index (χ1v) is 24.9. The van der Waals surface area contributed by atoms with Gasteiger partial charge in [-0.05, 0) is 107 Å². The maximum atomic E-state index is 7.35. The van der Waals surface area contributed by atoms with Crippen LogP contribution in [0, 0.1) is 52.4 Å². The summed E-state index contributed by atoms with van der Waals surface area (Å²) in [7, 11) is -1.88. The topological polar surface area (TPSA) is 0 Å². The zero-order valence-corrected chi connectivity index (χ0v) is 43.3. The summed E-state index contributed by atoms with van der Waals surface area (Å²) in [5.41, 5.74) is 7.42. The van der Waals surface area contributed by atoms with E-state index in [9.17, 15) is 0 Å². The summed E-state index contributed by atoms with van der Waals surface area (Å²) in [6.45, 7) is 9.14. The Morgan fingerprint density at radius 2 is 0.569 bits per heavy atom. The van der Waals surface area contributed by atoms with Gasteiger partial charge in [0.2, 0.25) is 0 Å². The molecule has 65 heavy (non-hydrogen) atoms. The summed E-state index contributed by atoms with van der Waals surface area (Å²) >= 11 is 0. The van der Waals surface area contributed by atoms with Crippen molar-refractivity contribution in [3.8, 4) is 11.8 Å². The van der Waals surface area contributed by atoms with Crippen molar-refractivity contribution in [1.29, 1.82) is 0 Å². The summed E-state index contributed by atoms with van der Waals surface area (Å²) in [6, 6.07) is 73.1. The van der Waals surface area contributed by atoms with E-state index in [1.807, 2.05) is 72.8 Å². The molecule has 10 rings (SSSR count). The van der Waals surface area contributed by atoms with E-state index in [0.717, 1.165) is 32.7 Å². The molecule has 4 heteroatoms. The van der Waals surface area contributed by atoms with Gasteiger partial charge in [-0.2, -0.15) is 0 Å². The molecule has 0 nitrogen and oxygen atoms in total. The van der Waals surface area contributed by atoms with E-state index in [4.69, 9.17) is 12.8 Å². The minimum absolute atomic E-state index is 0. The smallest absolute Gasteiger partial charge is 0.366 e. The van der Waals surface area contributed by atoms with Crippen molar-refractivity contribution in [3.05, 3.63) is 252 Å². The molecule has 0 aliphatic rings. The SMILES string of the molecule is Cc1ccccc1[PH+](C[PH+](c1ccccc1C)c1ccccc1C)c1ccccc1C.[Au+].[Au+].[C-]#Cc1cc2ccccc2c2ccccc12.[C-]#Cc1cc2ccccc2c2ccccc12. The van der Waals surface area contributed by atoms with Gasteiger partial charge in [0.05, 0.1) is 0 Å². The van der Waals surface area contributed by atoms with Crippen LogP contribution < -0.4 is 21.2 Å². The number of hydrogen-bond donors (Lipinski definition) is 0. The predicted molar refractivity (Wildman–Crippen MR) is 280 cm³/mol. The number of benzene rings is 10. The Labute approximate surface area is 419 Å². The van der Waals surface area contributed by atoms with Gasteiger partial charge in [-0.15, -0.1) is 23.3 Å².